The lowest BCUT2D eigenvalue weighted by Gasteiger charge is -2.03. The molecule has 0 radical (unpaired) electrons. The molecule has 0 aromatic heterocycles. The average molecular weight is 226 g/mol. The first-order valence-corrected chi connectivity index (χ1v) is 4.87. The molecule has 0 amide bonds. The second-order valence-corrected chi connectivity index (χ2v) is 2.84. The maximum absolute atomic E-state index is 5.22. The van der Waals surface area contributed by atoms with E-state index < -0.39 is 0 Å². The first kappa shape index (κ1) is 11.4. The van der Waals surface area contributed by atoms with Crippen molar-refractivity contribution in [2.24, 2.45) is 0 Å². The minimum absolute atomic E-state index is 0.679. The maximum Gasteiger partial charge on any atom is 0.0700 e. The van der Waals surface area contributed by atoms with E-state index in [1.807, 2.05) is 0 Å². The van der Waals surface area contributed by atoms with Crippen LogP contribution in [0.3, 0.4) is 0 Å². The molecule has 11 heavy (non-hydrogen) atoms. The highest BCUT2D eigenvalue weighted by atomic mass is 79.9. The summed E-state index contributed by atoms with van der Waals surface area (Å²) in [5.74, 6) is 0. The Balaban J connectivity index is 2.69. The van der Waals surface area contributed by atoms with Crippen LogP contribution in [0.2, 0.25) is 0 Å². The van der Waals surface area contributed by atoms with Crippen molar-refractivity contribution in [1.82, 2.24) is 5.32 Å². The number of nitrogens with one attached hydrogen (secondary N) is 1. The van der Waals surface area contributed by atoms with Gasteiger partial charge in [-0.3, -0.25) is 0 Å². The van der Waals surface area contributed by atoms with Gasteiger partial charge in [-0.15, -0.1) is 0 Å². The molecule has 1 N–H and O–H groups in total. The Labute approximate surface area is 76.6 Å². The SMILES string of the molecule is COCCOCCNCCBr. The van der Waals surface area contributed by atoms with E-state index >= 15 is 0 Å². The summed E-state index contributed by atoms with van der Waals surface area (Å²) in [6.07, 6.45) is 0. The molecule has 0 fully saturated rings. The van der Waals surface area contributed by atoms with Crippen LogP contribution in [0.5, 0.6) is 0 Å². The van der Waals surface area contributed by atoms with Gasteiger partial charge in [0.05, 0.1) is 19.8 Å². The van der Waals surface area contributed by atoms with E-state index in [0.717, 1.165) is 25.0 Å². The topological polar surface area (TPSA) is 30.5 Å². The fraction of sp³-hybridized carbons (Fsp3) is 1.00. The number of methoxy groups -OCH3 is 1. The van der Waals surface area contributed by atoms with Gasteiger partial charge in [-0.2, -0.15) is 0 Å². The highest BCUT2D eigenvalue weighted by Gasteiger charge is 1.86. The zero-order valence-corrected chi connectivity index (χ0v) is 8.52. The lowest BCUT2D eigenvalue weighted by atomic mass is 10.6. The van der Waals surface area contributed by atoms with Gasteiger partial charge in [0.15, 0.2) is 0 Å². The molecule has 0 aliphatic carbocycles. The Morgan fingerprint density at radius 2 is 2.00 bits per heavy atom. The van der Waals surface area contributed by atoms with Gasteiger partial charge < -0.3 is 14.8 Å². The molecule has 3 nitrogen and oxygen atoms in total. The smallest absolute Gasteiger partial charge is 0.0700 e. The van der Waals surface area contributed by atoms with Crippen molar-refractivity contribution in [3.8, 4) is 0 Å². The molecule has 4 heteroatoms. The fourth-order valence-corrected chi connectivity index (χ4v) is 0.861. The second kappa shape index (κ2) is 10.4. The molecule has 0 aromatic carbocycles. The monoisotopic (exact) mass is 225 g/mol. The predicted octanol–water partition coefficient (Wildman–Crippen LogP) is 0.634. The van der Waals surface area contributed by atoms with Crippen LogP contribution in [0, 0.1) is 0 Å². The predicted molar refractivity (Wildman–Crippen MR) is 49.4 cm³/mol. The average Bonchev–Trinajstić information content (AvgIpc) is 2.03. The van der Waals surface area contributed by atoms with Crippen molar-refractivity contribution in [3.63, 3.8) is 0 Å². The van der Waals surface area contributed by atoms with E-state index in [0.29, 0.717) is 13.2 Å². The third-order valence-corrected chi connectivity index (χ3v) is 1.52. The van der Waals surface area contributed by atoms with Crippen LogP contribution < -0.4 is 5.32 Å². The summed E-state index contributed by atoms with van der Waals surface area (Å²) in [7, 11) is 1.67. The number of hydrogen-bond donors (Lipinski definition) is 1. The zero-order valence-electron chi connectivity index (χ0n) is 6.94. The van der Waals surface area contributed by atoms with Crippen LogP contribution in [0.4, 0.5) is 0 Å². The van der Waals surface area contributed by atoms with Crippen LogP contribution in [-0.4, -0.2) is 45.4 Å². The molecule has 0 saturated carbocycles. The van der Waals surface area contributed by atoms with Crippen molar-refractivity contribution in [2.45, 2.75) is 0 Å². The fourth-order valence-electron chi connectivity index (χ4n) is 0.580. The number of hydrogen-bond acceptors (Lipinski definition) is 3. The second-order valence-electron chi connectivity index (χ2n) is 2.04. The Morgan fingerprint density at radius 3 is 2.64 bits per heavy atom. The number of ether oxygens (including phenoxy) is 2. The lowest BCUT2D eigenvalue weighted by molar-refractivity contribution is 0.0722. The van der Waals surface area contributed by atoms with Crippen molar-refractivity contribution >= 4 is 15.9 Å². The Kier molecular flexibility index (Phi) is 10.7. The van der Waals surface area contributed by atoms with E-state index in [1.54, 1.807) is 7.11 Å². The minimum atomic E-state index is 0.679. The molecule has 0 aliphatic heterocycles. The Hall–Kier alpha value is 0.360. The highest BCUT2D eigenvalue weighted by molar-refractivity contribution is 9.09. The summed E-state index contributed by atoms with van der Waals surface area (Å²) < 4.78 is 10.0. The zero-order chi connectivity index (χ0) is 8.36. The summed E-state index contributed by atoms with van der Waals surface area (Å²) in [6, 6.07) is 0. The van der Waals surface area contributed by atoms with Crippen LogP contribution in [-0.2, 0) is 9.47 Å². The van der Waals surface area contributed by atoms with E-state index in [-0.39, 0.29) is 0 Å². The van der Waals surface area contributed by atoms with Gasteiger partial charge >= 0.3 is 0 Å². The summed E-state index contributed by atoms with van der Waals surface area (Å²) in [4.78, 5) is 0. The lowest BCUT2D eigenvalue weighted by Crippen LogP contribution is -2.22. The van der Waals surface area contributed by atoms with Crippen LogP contribution in [0.1, 0.15) is 0 Å². The summed E-state index contributed by atoms with van der Waals surface area (Å²) in [5, 5.41) is 4.19. The largest absolute Gasteiger partial charge is 0.382 e. The molecule has 0 aromatic rings. The molecule has 0 bridgehead atoms. The highest BCUT2D eigenvalue weighted by Crippen LogP contribution is 1.76. The van der Waals surface area contributed by atoms with Gasteiger partial charge in [-0.1, -0.05) is 15.9 Å². The van der Waals surface area contributed by atoms with Gasteiger partial charge in [0, 0.05) is 25.5 Å². The van der Waals surface area contributed by atoms with Gasteiger partial charge in [0.2, 0.25) is 0 Å². The van der Waals surface area contributed by atoms with Gasteiger partial charge in [-0.05, 0) is 0 Å². The first-order chi connectivity index (χ1) is 5.41. The van der Waals surface area contributed by atoms with Gasteiger partial charge in [0.1, 0.15) is 0 Å². The number of alkyl halides is 1. The van der Waals surface area contributed by atoms with Crippen LogP contribution in [0.25, 0.3) is 0 Å². The van der Waals surface area contributed by atoms with Crippen molar-refractivity contribution in [3.05, 3.63) is 0 Å². The van der Waals surface area contributed by atoms with E-state index in [4.69, 9.17) is 9.47 Å². The van der Waals surface area contributed by atoms with E-state index in [1.165, 1.54) is 0 Å². The molecule has 0 unspecified atom stereocenters. The van der Waals surface area contributed by atoms with Crippen LogP contribution >= 0.6 is 15.9 Å². The molecule has 0 aliphatic rings. The van der Waals surface area contributed by atoms with E-state index in [9.17, 15) is 0 Å². The molecule has 0 atom stereocenters. The molecule has 0 saturated heterocycles. The molecule has 0 spiro atoms. The molecular formula is C7H16BrNO2. The van der Waals surface area contributed by atoms with Crippen molar-refractivity contribution in [2.75, 3.05) is 45.4 Å². The summed E-state index contributed by atoms with van der Waals surface area (Å²) in [5.41, 5.74) is 0. The van der Waals surface area contributed by atoms with Gasteiger partial charge in [-0.25, -0.2) is 0 Å². The van der Waals surface area contributed by atoms with Crippen LogP contribution in [0.15, 0.2) is 0 Å². The number of halogens is 1. The summed E-state index contributed by atoms with van der Waals surface area (Å²) in [6.45, 7) is 4.03. The Morgan fingerprint density at radius 1 is 1.18 bits per heavy atom. The summed E-state index contributed by atoms with van der Waals surface area (Å²) >= 11 is 3.32. The first-order valence-electron chi connectivity index (χ1n) is 3.75. The minimum Gasteiger partial charge on any atom is -0.382 e. The Bertz CT molecular complexity index is 65.5. The maximum atomic E-state index is 5.22. The molecule has 68 valence electrons. The molecule has 0 heterocycles. The third kappa shape index (κ3) is 10.4. The van der Waals surface area contributed by atoms with Crippen molar-refractivity contribution < 1.29 is 9.47 Å². The standard InChI is InChI=1S/C7H16BrNO2/c1-10-6-7-11-5-4-9-3-2-8/h9H,2-7H2,1H3. The van der Waals surface area contributed by atoms with Crippen molar-refractivity contribution in [1.29, 1.82) is 0 Å². The quantitative estimate of drug-likeness (QED) is 0.486. The normalized spacial score (nSPS) is 10.4. The molecular weight excluding hydrogens is 210 g/mol. The third-order valence-electron chi connectivity index (χ3n) is 1.13. The molecule has 0 rings (SSSR count). The number of rotatable bonds is 8. The van der Waals surface area contributed by atoms with E-state index in [2.05, 4.69) is 21.2 Å². The van der Waals surface area contributed by atoms with Gasteiger partial charge in [0.25, 0.3) is 0 Å².